The van der Waals surface area contributed by atoms with E-state index in [0.29, 0.717) is 12.3 Å². The molecule has 43 heavy (non-hydrogen) atoms. The van der Waals surface area contributed by atoms with E-state index < -0.39 is 34.3 Å². The van der Waals surface area contributed by atoms with Gasteiger partial charge < -0.3 is 19.8 Å². The number of aliphatic carboxylic acids is 2. The lowest BCUT2D eigenvalue weighted by molar-refractivity contribution is -0.193. The number of aryl methyl sites for hydroxylation is 1. The molecule has 1 fully saturated rings. The number of carboxylic acids is 2. The summed E-state index contributed by atoms with van der Waals surface area (Å²) in [5, 5.41) is 14.2. The molecule has 2 aliphatic rings. The van der Waals surface area contributed by atoms with Gasteiger partial charge in [-0.15, -0.1) is 0 Å². The quantitative estimate of drug-likeness (QED) is 0.468. The Kier molecular flexibility index (Phi) is 11.8. The van der Waals surface area contributed by atoms with Crippen molar-refractivity contribution in [3.8, 4) is 5.75 Å². The Bertz CT molecular complexity index is 1370. The number of carbonyl (C=O) groups is 2. The average molecular weight is 644 g/mol. The number of hydrogen-bond acceptors (Lipinski definition) is 7. The summed E-state index contributed by atoms with van der Waals surface area (Å²) in [6, 6.07) is 11.3. The Morgan fingerprint density at radius 1 is 0.907 bits per heavy atom. The number of benzene rings is 2. The van der Waals surface area contributed by atoms with Crippen LogP contribution < -0.4 is 9.04 Å². The van der Waals surface area contributed by atoms with Crippen molar-refractivity contribution in [1.82, 2.24) is 9.80 Å². The molecular formula is C26H31F6N3O7S. The van der Waals surface area contributed by atoms with Gasteiger partial charge in [-0.2, -0.15) is 26.3 Å². The molecule has 1 saturated heterocycles. The number of methoxy groups -OCH3 is 1. The van der Waals surface area contributed by atoms with E-state index in [1.54, 1.807) is 16.4 Å². The maximum atomic E-state index is 13.5. The average Bonchev–Trinajstić information content (AvgIpc) is 3.36. The van der Waals surface area contributed by atoms with Crippen molar-refractivity contribution in [1.29, 1.82) is 0 Å². The van der Waals surface area contributed by atoms with Crippen molar-refractivity contribution in [2.75, 3.05) is 51.2 Å². The molecule has 0 spiro atoms. The van der Waals surface area contributed by atoms with Crippen LogP contribution in [0.3, 0.4) is 0 Å². The highest BCUT2D eigenvalue weighted by Crippen LogP contribution is 2.38. The van der Waals surface area contributed by atoms with Crippen molar-refractivity contribution >= 4 is 27.6 Å². The molecule has 0 radical (unpaired) electrons. The van der Waals surface area contributed by atoms with Gasteiger partial charge in [-0.05, 0) is 55.3 Å². The van der Waals surface area contributed by atoms with Gasteiger partial charge in [-0.25, -0.2) is 18.0 Å². The summed E-state index contributed by atoms with van der Waals surface area (Å²) in [6.45, 7) is 7.47. The fourth-order valence-corrected chi connectivity index (χ4v) is 5.97. The van der Waals surface area contributed by atoms with Crippen LogP contribution in [-0.2, 0) is 32.6 Å². The second-order valence-electron chi connectivity index (χ2n) is 9.58. The fourth-order valence-electron chi connectivity index (χ4n) is 4.23. The van der Waals surface area contributed by atoms with Crippen LogP contribution in [0.25, 0.3) is 0 Å². The fraction of sp³-hybridized carbons (Fsp3) is 0.462. The molecule has 10 nitrogen and oxygen atoms in total. The van der Waals surface area contributed by atoms with Crippen LogP contribution in [-0.4, -0.2) is 99.6 Å². The third-order valence-corrected chi connectivity index (χ3v) is 8.28. The summed E-state index contributed by atoms with van der Waals surface area (Å²) in [6.07, 6.45) is -9.42. The highest BCUT2D eigenvalue weighted by Gasteiger charge is 2.39. The number of nitrogens with zero attached hydrogens (tertiary/aromatic N) is 3. The minimum atomic E-state index is -5.08. The summed E-state index contributed by atoms with van der Waals surface area (Å²) in [5.74, 6) is -5.13. The number of sulfonamides is 1. The standard InChI is InChI=1S/C22H29N3O3S.2C2HF3O2/c1-17-7-8-21(28-3)22(15-17)29(26,27)25-10-9-19-18(5-4-6-20(19)25)16-24-13-11-23(2)12-14-24;2*3-2(4,5)1(6)7/h4-8,15H,9-14,16H2,1-3H3;2*(H,6,7). The number of fused-ring (bicyclic) bond motifs is 1. The van der Waals surface area contributed by atoms with Gasteiger partial charge in [-0.1, -0.05) is 18.2 Å². The third-order valence-electron chi connectivity index (χ3n) is 6.44. The van der Waals surface area contributed by atoms with E-state index in [1.165, 1.54) is 12.7 Å². The first-order valence-electron chi connectivity index (χ1n) is 12.6. The number of hydrogen-bond donors (Lipinski definition) is 2. The summed E-state index contributed by atoms with van der Waals surface area (Å²) in [4.78, 5) is 22.8. The summed E-state index contributed by atoms with van der Waals surface area (Å²) in [7, 11) is -0.0241. The zero-order valence-corrected chi connectivity index (χ0v) is 24.2. The Morgan fingerprint density at radius 3 is 1.93 bits per heavy atom. The monoisotopic (exact) mass is 643 g/mol. The molecule has 0 atom stereocenters. The number of carboxylic acid groups (broad SMARTS) is 2. The predicted molar refractivity (Wildman–Crippen MR) is 143 cm³/mol. The van der Waals surface area contributed by atoms with Gasteiger partial charge in [0, 0.05) is 39.3 Å². The number of anilines is 1. The minimum absolute atomic E-state index is 0.234. The van der Waals surface area contributed by atoms with Crippen molar-refractivity contribution < 1.29 is 59.3 Å². The van der Waals surface area contributed by atoms with E-state index in [9.17, 15) is 34.8 Å². The van der Waals surface area contributed by atoms with E-state index in [4.69, 9.17) is 24.5 Å². The van der Waals surface area contributed by atoms with Gasteiger partial charge in [0.05, 0.1) is 12.8 Å². The lowest BCUT2D eigenvalue weighted by atomic mass is 10.0. The van der Waals surface area contributed by atoms with Crippen molar-refractivity contribution in [3.05, 3.63) is 53.1 Å². The largest absolute Gasteiger partial charge is 0.495 e. The van der Waals surface area contributed by atoms with Gasteiger partial charge in [0.1, 0.15) is 10.6 Å². The Morgan fingerprint density at radius 2 is 1.44 bits per heavy atom. The van der Waals surface area contributed by atoms with Crippen LogP contribution in [0.5, 0.6) is 5.75 Å². The zero-order chi connectivity index (χ0) is 32.8. The maximum absolute atomic E-state index is 13.5. The SMILES string of the molecule is COc1ccc(C)cc1S(=O)(=O)N1CCc2c(CN3CCN(C)CC3)cccc21.O=C(O)C(F)(F)F.O=C(O)C(F)(F)F. The molecule has 0 unspecified atom stereocenters. The molecule has 2 N–H and O–H groups in total. The summed E-state index contributed by atoms with van der Waals surface area (Å²) >= 11 is 0. The summed E-state index contributed by atoms with van der Waals surface area (Å²) in [5.41, 5.74) is 4.09. The molecule has 0 amide bonds. The van der Waals surface area contributed by atoms with Gasteiger partial charge in [0.2, 0.25) is 0 Å². The van der Waals surface area contributed by atoms with Crippen LogP contribution in [0.15, 0.2) is 41.3 Å². The first-order chi connectivity index (χ1) is 19.8. The molecule has 4 rings (SSSR count). The Labute approximate surface area is 244 Å². The number of ether oxygens (including phenoxy) is 1. The van der Waals surface area contributed by atoms with E-state index in [1.807, 2.05) is 25.1 Å². The van der Waals surface area contributed by atoms with Gasteiger partial charge in [-0.3, -0.25) is 9.21 Å². The summed E-state index contributed by atoms with van der Waals surface area (Å²) < 4.78 is 97.4. The van der Waals surface area contributed by atoms with E-state index in [-0.39, 0.29) is 4.90 Å². The number of alkyl halides is 6. The number of piperazine rings is 1. The van der Waals surface area contributed by atoms with Crippen molar-refractivity contribution in [2.24, 2.45) is 0 Å². The van der Waals surface area contributed by atoms with Gasteiger partial charge >= 0.3 is 24.3 Å². The number of likely N-dealkylation sites (N-methyl/N-ethyl adjacent to an activating group) is 1. The molecule has 0 bridgehead atoms. The highest BCUT2D eigenvalue weighted by atomic mass is 32.2. The molecule has 2 aromatic carbocycles. The lowest BCUT2D eigenvalue weighted by Crippen LogP contribution is -2.44. The minimum Gasteiger partial charge on any atom is -0.495 e. The van der Waals surface area contributed by atoms with Gasteiger partial charge in [0.15, 0.2) is 0 Å². The molecule has 240 valence electrons. The molecule has 0 aromatic heterocycles. The van der Waals surface area contributed by atoms with Crippen LogP contribution >= 0.6 is 0 Å². The normalized spacial score (nSPS) is 15.9. The smallest absolute Gasteiger partial charge is 0.490 e. The number of halogens is 6. The maximum Gasteiger partial charge on any atom is 0.490 e. The van der Waals surface area contributed by atoms with E-state index >= 15 is 0 Å². The molecule has 0 saturated carbocycles. The third kappa shape index (κ3) is 9.72. The van der Waals surface area contributed by atoms with Crippen molar-refractivity contribution in [2.45, 2.75) is 37.1 Å². The Hall–Kier alpha value is -3.57. The predicted octanol–water partition coefficient (Wildman–Crippen LogP) is 3.77. The second-order valence-corrected chi connectivity index (χ2v) is 11.4. The van der Waals surface area contributed by atoms with E-state index in [2.05, 4.69) is 22.9 Å². The first kappa shape index (κ1) is 35.6. The first-order valence-corrected chi connectivity index (χ1v) is 14.0. The highest BCUT2D eigenvalue weighted by molar-refractivity contribution is 7.93. The van der Waals surface area contributed by atoms with Crippen LogP contribution in [0.4, 0.5) is 32.0 Å². The van der Waals surface area contributed by atoms with Crippen LogP contribution in [0, 0.1) is 6.92 Å². The zero-order valence-electron chi connectivity index (χ0n) is 23.4. The second kappa shape index (κ2) is 14.3. The lowest BCUT2D eigenvalue weighted by Gasteiger charge is -2.32. The number of rotatable bonds is 5. The van der Waals surface area contributed by atoms with Crippen LogP contribution in [0.1, 0.15) is 16.7 Å². The van der Waals surface area contributed by atoms with E-state index in [0.717, 1.165) is 56.0 Å². The molecule has 2 heterocycles. The molecule has 2 aliphatic heterocycles. The molecule has 17 heteroatoms. The Balaban J connectivity index is 0.000000384. The molecular weight excluding hydrogens is 612 g/mol. The molecule has 2 aromatic rings. The topological polar surface area (TPSA) is 128 Å². The van der Waals surface area contributed by atoms with Crippen molar-refractivity contribution in [3.63, 3.8) is 0 Å². The molecule has 0 aliphatic carbocycles. The van der Waals surface area contributed by atoms with Crippen LogP contribution in [0.2, 0.25) is 0 Å². The van der Waals surface area contributed by atoms with Gasteiger partial charge in [0.25, 0.3) is 10.0 Å².